The summed E-state index contributed by atoms with van der Waals surface area (Å²) in [5.74, 6) is 0. The zero-order chi connectivity index (χ0) is 14.6. The Hall–Kier alpha value is -1.63. The monoisotopic (exact) mass is 295 g/mol. The van der Waals surface area contributed by atoms with E-state index in [1.54, 1.807) is 24.3 Å². The van der Waals surface area contributed by atoms with Gasteiger partial charge in [-0.1, -0.05) is 12.1 Å². The maximum atomic E-state index is 12.0. The van der Waals surface area contributed by atoms with E-state index >= 15 is 0 Å². The van der Waals surface area contributed by atoms with Crippen LogP contribution >= 0.6 is 0 Å². The van der Waals surface area contributed by atoms with Crippen molar-refractivity contribution in [3.8, 4) is 0 Å². The molecule has 20 heavy (non-hydrogen) atoms. The molecule has 0 aliphatic heterocycles. The molecule has 0 unspecified atom stereocenters. The van der Waals surface area contributed by atoms with Crippen molar-refractivity contribution in [1.29, 1.82) is 0 Å². The molecule has 0 spiro atoms. The Morgan fingerprint density at radius 1 is 1.35 bits per heavy atom. The predicted octanol–water partition coefficient (Wildman–Crippen LogP) is 1.99. The highest BCUT2D eigenvalue weighted by Crippen LogP contribution is 2.16. The van der Waals surface area contributed by atoms with E-state index < -0.39 is 16.1 Å². The van der Waals surface area contributed by atoms with Crippen molar-refractivity contribution in [2.45, 2.75) is 24.3 Å². The maximum absolute atomic E-state index is 12.0. The summed E-state index contributed by atoms with van der Waals surface area (Å²) >= 11 is 0. The number of nitrogens with one attached hydrogen (secondary N) is 1. The van der Waals surface area contributed by atoms with E-state index in [0.717, 1.165) is 5.56 Å². The first-order chi connectivity index (χ1) is 9.49. The van der Waals surface area contributed by atoms with Gasteiger partial charge in [0.25, 0.3) is 0 Å². The number of furan rings is 1. The quantitative estimate of drug-likeness (QED) is 0.854. The van der Waals surface area contributed by atoms with E-state index in [1.807, 2.05) is 13.0 Å². The van der Waals surface area contributed by atoms with Gasteiger partial charge in [-0.3, -0.25) is 0 Å². The minimum absolute atomic E-state index is 0.155. The predicted molar refractivity (Wildman–Crippen MR) is 74.7 cm³/mol. The van der Waals surface area contributed by atoms with Gasteiger partial charge in [-0.2, -0.15) is 0 Å². The number of hydrogen-bond donors (Lipinski definition) is 2. The third-order valence-corrected chi connectivity index (χ3v) is 4.40. The summed E-state index contributed by atoms with van der Waals surface area (Å²) in [6.07, 6.45) is 2.45. The lowest BCUT2D eigenvalue weighted by molar-refractivity contribution is 0.168. The molecule has 6 heteroatoms. The lowest BCUT2D eigenvalue weighted by Gasteiger charge is -2.10. The minimum atomic E-state index is -3.53. The van der Waals surface area contributed by atoms with Crippen LogP contribution in [0.1, 0.15) is 23.7 Å². The number of aryl methyl sites for hydroxylation is 1. The molecule has 2 N–H and O–H groups in total. The topological polar surface area (TPSA) is 79.5 Å². The molecule has 1 heterocycles. The molecule has 1 atom stereocenters. The molecule has 0 bridgehead atoms. The van der Waals surface area contributed by atoms with Crippen LogP contribution < -0.4 is 4.72 Å². The van der Waals surface area contributed by atoms with E-state index in [2.05, 4.69) is 4.72 Å². The summed E-state index contributed by atoms with van der Waals surface area (Å²) in [5.41, 5.74) is 1.52. The van der Waals surface area contributed by atoms with Gasteiger partial charge >= 0.3 is 0 Å². The fourth-order valence-corrected chi connectivity index (χ4v) is 2.98. The lowest BCUT2D eigenvalue weighted by Crippen LogP contribution is -2.26. The molecule has 0 amide bonds. The van der Waals surface area contributed by atoms with Crippen molar-refractivity contribution in [2.75, 3.05) is 6.54 Å². The van der Waals surface area contributed by atoms with Gasteiger partial charge in [-0.05, 0) is 37.1 Å². The second kappa shape index (κ2) is 6.21. The average molecular weight is 295 g/mol. The highest BCUT2D eigenvalue weighted by atomic mass is 32.2. The van der Waals surface area contributed by atoms with Crippen molar-refractivity contribution < 1.29 is 17.9 Å². The standard InChI is InChI=1S/C14H17NO4S/c1-11-3-2-4-13(9-11)20(17,18)15-7-5-14(16)12-6-8-19-10-12/h2-4,6,8-10,14-16H,5,7H2,1H3/t14-/m0/s1. The molecule has 0 saturated carbocycles. The summed E-state index contributed by atoms with van der Waals surface area (Å²) in [6, 6.07) is 8.34. The number of hydrogen-bond acceptors (Lipinski definition) is 4. The summed E-state index contributed by atoms with van der Waals surface area (Å²) in [4.78, 5) is 0.232. The molecule has 0 aliphatic rings. The molecular weight excluding hydrogens is 278 g/mol. The van der Waals surface area contributed by atoms with Crippen molar-refractivity contribution in [1.82, 2.24) is 4.72 Å². The number of benzene rings is 1. The van der Waals surface area contributed by atoms with Gasteiger partial charge in [0.05, 0.1) is 23.5 Å². The summed E-state index contributed by atoms with van der Waals surface area (Å²) < 4.78 is 31.4. The van der Waals surface area contributed by atoms with E-state index in [4.69, 9.17) is 4.42 Å². The highest BCUT2D eigenvalue weighted by molar-refractivity contribution is 7.89. The van der Waals surface area contributed by atoms with E-state index in [-0.39, 0.29) is 17.9 Å². The van der Waals surface area contributed by atoms with Crippen LogP contribution in [0.5, 0.6) is 0 Å². The van der Waals surface area contributed by atoms with Crippen molar-refractivity contribution in [3.63, 3.8) is 0 Å². The third-order valence-electron chi connectivity index (χ3n) is 2.94. The number of sulfonamides is 1. The zero-order valence-corrected chi connectivity index (χ0v) is 11.9. The Morgan fingerprint density at radius 3 is 2.80 bits per heavy atom. The fraction of sp³-hybridized carbons (Fsp3) is 0.286. The lowest BCUT2D eigenvalue weighted by atomic mass is 10.1. The summed E-state index contributed by atoms with van der Waals surface area (Å²) in [6.45, 7) is 1.99. The average Bonchev–Trinajstić information content (AvgIpc) is 2.92. The first-order valence-corrected chi connectivity index (χ1v) is 7.74. The Labute approximate surface area is 118 Å². The zero-order valence-electron chi connectivity index (χ0n) is 11.1. The van der Waals surface area contributed by atoms with Crippen LogP contribution in [0.4, 0.5) is 0 Å². The largest absolute Gasteiger partial charge is 0.472 e. The molecule has 0 aliphatic carbocycles. The van der Waals surface area contributed by atoms with E-state index in [1.165, 1.54) is 12.5 Å². The molecule has 0 saturated heterocycles. The molecular formula is C14H17NO4S. The second-order valence-corrected chi connectivity index (χ2v) is 6.34. The van der Waals surface area contributed by atoms with Crippen molar-refractivity contribution in [3.05, 3.63) is 54.0 Å². The molecule has 2 aromatic rings. The van der Waals surface area contributed by atoms with Gasteiger partial charge in [0.2, 0.25) is 10.0 Å². The van der Waals surface area contributed by atoms with Gasteiger partial charge in [0.15, 0.2) is 0 Å². The Kier molecular flexibility index (Phi) is 4.59. The molecule has 1 aromatic heterocycles. The van der Waals surface area contributed by atoms with Crippen LogP contribution in [-0.2, 0) is 10.0 Å². The molecule has 0 fully saturated rings. The van der Waals surface area contributed by atoms with Crippen molar-refractivity contribution >= 4 is 10.0 Å². The third kappa shape index (κ3) is 3.69. The maximum Gasteiger partial charge on any atom is 0.240 e. The Bertz CT molecular complexity index is 650. The van der Waals surface area contributed by atoms with Crippen LogP contribution in [0.2, 0.25) is 0 Å². The molecule has 0 radical (unpaired) electrons. The van der Waals surface area contributed by atoms with Crippen LogP contribution in [0.15, 0.2) is 52.2 Å². The van der Waals surface area contributed by atoms with Crippen molar-refractivity contribution in [2.24, 2.45) is 0 Å². The first kappa shape index (κ1) is 14.8. The fourth-order valence-electron chi connectivity index (χ4n) is 1.83. The van der Waals surface area contributed by atoms with Gasteiger partial charge in [0.1, 0.15) is 0 Å². The second-order valence-electron chi connectivity index (χ2n) is 4.58. The normalized spacial score (nSPS) is 13.3. The molecule has 1 aromatic carbocycles. The molecule has 5 nitrogen and oxygen atoms in total. The van der Waals surface area contributed by atoms with Crippen LogP contribution in [0, 0.1) is 6.92 Å². The number of aliphatic hydroxyl groups excluding tert-OH is 1. The molecule has 2 rings (SSSR count). The highest BCUT2D eigenvalue weighted by Gasteiger charge is 2.15. The SMILES string of the molecule is Cc1cccc(S(=O)(=O)NCC[C@H](O)c2ccoc2)c1. The van der Waals surface area contributed by atoms with Gasteiger partial charge < -0.3 is 9.52 Å². The van der Waals surface area contributed by atoms with Gasteiger partial charge in [0, 0.05) is 12.1 Å². The van der Waals surface area contributed by atoms with E-state index in [9.17, 15) is 13.5 Å². The van der Waals surface area contributed by atoms with Crippen LogP contribution in [0.25, 0.3) is 0 Å². The number of rotatable bonds is 6. The van der Waals surface area contributed by atoms with Gasteiger partial charge in [-0.25, -0.2) is 13.1 Å². The minimum Gasteiger partial charge on any atom is -0.472 e. The summed E-state index contributed by atoms with van der Waals surface area (Å²) in [5, 5.41) is 9.83. The first-order valence-electron chi connectivity index (χ1n) is 6.25. The molecule has 108 valence electrons. The van der Waals surface area contributed by atoms with E-state index in [0.29, 0.717) is 5.56 Å². The Balaban J connectivity index is 1.93. The smallest absolute Gasteiger partial charge is 0.240 e. The van der Waals surface area contributed by atoms with Crippen LogP contribution in [-0.4, -0.2) is 20.1 Å². The Morgan fingerprint density at radius 2 is 2.15 bits per heavy atom. The van der Waals surface area contributed by atoms with Gasteiger partial charge in [-0.15, -0.1) is 0 Å². The summed E-state index contributed by atoms with van der Waals surface area (Å²) in [7, 11) is -3.53. The number of aliphatic hydroxyl groups is 1. The van der Waals surface area contributed by atoms with Crippen LogP contribution in [0.3, 0.4) is 0 Å².